The quantitative estimate of drug-likeness (QED) is 0.703. The van der Waals surface area contributed by atoms with E-state index in [4.69, 9.17) is 4.74 Å². The van der Waals surface area contributed by atoms with Crippen molar-refractivity contribution in [2.24, 2.45) is 0 Å². The fourth-order valence-electron chi connectivity index (χ4n) is 2.97. The van der Waals surface area contributed by atoms with E-state index < -0.39 is 22.2 Å². The van der Waals surface area contributed by atoms with Crippen LogP contribution in [0.25, 0.3) is 0 Å². The number of aliphatic hydroxyl groups excluding tert-OH is 1. The molecule has 8 heteroatoms. The van der Waals surface area contributed by atoms with Crippen LogP contribution in [0.15, 0.2) is 0 Å². The molecule has 1 unspecified atom stereocenters. The normalized spacial score (nSPS) is 31.2. The molecule has 1 aliphatic carbocycles. The van der Waals surface area contributed by atoms with Gasteiger partial charge in [0.25, 0.3) is 10.2 Å². The van der Waals surface area contributed by atoms with Gasteiger partial charge in [-0.2, -0.15) is 17.4 Å². The summed E-state index contributed by atoms with van der Waals surface area (Å²) >= 11 is 0. The summed E-state index contributed by atoms with van der Waals surface area (Å²) in [4.78, 5) is 11.8. The van der Waals surface area contributed by atoms with Crippen LogP contribution in [0.1, 0.15) is 45.4 Å². The van der Waals surface area contributed by atoms with Crippen molar-refractivity contribution in [1.82, 2.24) is 9.03 Å². The van der Waals surface area contributed by atoms with E-state index in [1.165, 1.54) is 4.31 Å². The van der Waals surface area contributed by atoms with Crippen molar-refractivity contribution in [1.29, 1.82) is 0 Å². The van der Waals surface area contributed by atoms with Crippen LogP contribution in [0.4, 0.5) is 0 Å². The topological polar surface area (TPSA) is 95.9 Å². The number of nitrogens with zero attached hydrogens (tertiary/aromatic N) is 1. The number of nitrogens with one attached hydrogen (secondary N) is 1. The molecule has 2 N–H and O–H groups in total. The molecular weight excluding hydrogens is 296 g/mol. The maximum atomic E-state index is 12.4. The highest BCUT2D eigenvalue weighted by Crippen LogP contribution is 2.24. The second kappa shape index (κ2) is 7.04. The average molecular weight is 320 g/mol. The third kappa shape index (κ3) is 4.15. The molecule has 2 fully saturated rings. The number of ether oxygens (including phenoxy) is 1. The largest absolute Gasteiger partial charge is 0.465 e. The lowest BCUT2D eigenvalue weighted by molar-refractivity contribution is -0.146. The van der Waals surface area contributed by atoms with Gasteiger partial charge in [-0.25, -0.2) is 0 Å². The third-order valence-electron chi connectivity index (χ3n) is 4.08. The second-order valence-corrected chi connectivity index (χ2v) is 7.30. The number of carbonyl (C=O) groups excluding carboxylic acids is 1. The molecule has 0 bridgehead atoms. The average Bonchev–Trinajstić information content (AvgIpc) is 2.92. The van der Waals surface area contributed by atoms with Gasteiger partial charge in [0.2, 0.25) is 0 Å². The van der Waals surface area contributed by atoms with Crippen LogP contribution in [0.5, 0.6) is 0 Å². The molecule has 0 radical (unpaired) electrons. The lowest BCUT2D eigenvalue weighted by Crippen LogP contribution is -2.50. The molecule has 0 aromatic carbocycles. The highest BCUT2D eigenvalue weighted by Gasteiger charge is 2.40. The number of esters is 1. The zero-order valence-corrected chi connectivity index (χ0v) is 13.1. The Labute approximate surface area is 125 Å². The van der Waals surface area contributed by atoms with Gasteiger partial charge < -0.3 is 9.84 Å². The fraction of sp³-hybridized carbons (Fsp3) is 0.923. The van der Waals surface area contributed by atoms with Gasteiger partial charge in [0.15, 0.2) is 0 Å². The van der Waals surface area contributed by atoms with Crippen LogP contribution < -0.4 is 4.72 Å². The zero-order valence-electron chi connectivity index (χ0n) is 12.3. The van der Waals surface area contributed by atoms with Crippen LogP contribution in [-0.4, -0.2) is 55.1 Å². The highest BCUT2D eigenvalue weighted by molar-refractivity contribution is 7.87. The molecule has 1 saturated heterocycles. The number of aliphatic hydroxyl groups is 1. The lowest BCUT2D eigenvalue weighted by atomic mass is 9.94. The fourth-order valence-corrected chi connectivity index (χ4v) is 4.66. The lowest BCUT2D eigenvalue weighted by Gasteiger charge is -2.29. The molecule has 2 rings (SSSR count). The molecule has 2 aliphatic rings. The Morgan fingerprint density at radius 2 is 1.95 bits per heavy atom. The Bertz CT molecular complexity index is 459. The van der Waals surface area contributed by atoms with Gasteiger partial charge >= 0.3 is 5.97 Å². The first-order valence-corrected chi connectivity index (χ1v) is 9.02. The van der Waals surface area contributed by atoms with Crippen molar-refractivity contribution in [2.75, 3.05) is 13.2 Å². The van der Waals surface area contributed by atoms with E-state index in [0.717, 1.165) is 0 Å². The van der Waals surface area contributed by atoms with Crippen LogP contribution in [0.3, 0.4) is 0 Å². The summed E-state index contributed by atoms with van der Waals surface area (Å²) in [6.07, 6.45) is 3.29. The van der Waals surface area contributed by atoms with Crippen LogP contribution >= 0.6 is 0 Å². The number of hydrogen-bond donors (Lipinski definition) is 2. The predicted molar refractivity (Wildman–Crippen MR) is 76.7 cm³/mol. The van der Waals surface area contributed by atoms with E-state index >= 15 is 0 Å². The summed E-state index contributed by atoms with van der Waals surface area (Å²) in [5.41, 5.74) is 0. The van der Waals surface area contributed by atoms with Crippen LogP contribution in [-0.2, 0) is 19.7 Å². The van der Waals surface area contributed by atoms with Crippen molar-refractivity contribution in [2.45, 2.75) is 63.6 Å². The molecule has 0 aromatic heterocycles. The smallest absolute Gasteiger partial charge is 0.324 e. The van der Waals surface area contributed by atoms with E-state index in [1.807, 2.05) is 0 Å². The van der Waals surface area contributed by atoms with E-state index in [-0.39, 0.29) is 18.8 Å². The number of carbonyl (C=O) groups is 1. The minimum Gasteiger partial charge on any atom is -0.465 e. The van der Waals surface area contributed by atoms with Gasteiger partial charge in [0.05, 0.1) is 12.7 Å². The van der Waals surface area contributed by atoms with Crippen molar-refractivity contribution in [3.05, 3.63) is 0 Å². The molecular formula is C13H24N2O5S. The van der Waals surface area contributed by atoms with Gasteiger partial charge in [-0.3, -0.25) is 4.79 Å². The molecule has 7 nitrogen and oxygen atoms in total. The summed E-state index contributed by atoms with van der Waals surface area (Å²) in [7, 11) is -3.69. The Morgan fingerprint density at radius 3 is 2.57 bits per heavy atom. The molecule has 0 spiro atoms. The molecule has 1 atom stereocenters. The molecule has 21 heavy (non-hydrogen) atoms. The Kier molecular flexibility index (Phi) is 5.59. The standard InChI is InChI=1S/C13H24N2O5S/c1-2-20-13(17)12-4-3-9-15(12)21(18,19)14-10-5-7-11(16)8-6-10/h10-12,14,16H,2-9H2,1H3. The minimum absolute atomic E-state index is 0.165. The summed E-state index contributed by atoms with van der Waals surface area (Å²) in [5.74, 6) is -0.473. The second-order valence-electron chi connectivity index (χ2n) is 5.65. The molecule has 0 aromatic rings. The molecule has 0 amide bonds. The van der Waals surface area contributed by atoms with Gasteiger partial charge in [0, 0.05) is 12.6 Å². The Balaban J connectivity index is 1.99. The SMILES string of the molecule is CCOC(=O)C1CCCN1S(=O)(=O)NC1CCC(O)CC1. The Hall–Kier alpha value is -0.700. The first-order chi connectivity index (χ1) is 9.94. The van der Waals surface area contributed by atoms with E-state index in [1.54, 1.807) is 6.92 Å². The van der Waals surface area contributed by atoms with Crippen LogP contribution in [0, 0.1) is 0 Å². The summed E-state index contributed by atoms with van der Waals surface area (Å²) in [6.45, 7) is 2.29. The van der Waals surface area contributed by atoms with E-state index in [0.29, 0.717) is 45.1 Å². The number of hydrogen-bond acceptors (Lipinski definition) is 5. The van der Waals surface area contributed by atoms with Crippen molar-refractivity contribution in [3.8, 4) is 0 Å². The first-order valence-electron chi connectivity index (χ1n) is 7.58. The van der Waals surface area contributed by atoms with E-state index in [2.05, 4.69) is 4.72 Å². The molecule has 1 aliphatic heterocycles. The Morgan fingerprint density at radius 1 is 1.29 bits per heavy atom. The minimum atomic E-state index is -3.69. The first kappa shape index (κ1) is 16.7. The summed E-state index contributed by atoms with van der Waals surface area (Å²) in [6, 6.07) is -0.876. The van der Waals surface area contributed by atoms with Gasteiger partial charge in [-0.1, -0.05) is 0 Å². The van der Waals surface area contributed by atoms with Crippen molar-refractivity contribution < 1.29 is 23.1 Å². The summed E-state index contributed by atoms with van der Waals surface area (Å²) < 4.78 is 33.7. The van der Waals surface area contributed by atoms with Gasteiger partial charge in [0.1, 0.15) is 6.04 Å². The summed E-state index contributed by atoms with van der Waals surface area (Å²) in [5, 5.41) is 9.46. The van der Waals surface area contributed by atoms with Gasteiger partial charge in [-0.05, 0) is 45.4 Å². The van der Waals surface area contributed by atoms with Gasteiger partial charge in [-0.15, -0.1) is 0 Å². The highest BCUT2D eigenvalue weighted by atomic mass is 32.2. The van der Waals surface area contributed by atoms with Crippen LogP contribution in [0.2, 0.25) is 0 Å². The molecule has 1 saturated carbocycles. The molecule has 1 heterocycles. The maximum Gasteiger partial charge on any atom is 0.324 e. The van der Waals surface area contributed by atoms with Crippen molar-refractivity contribution >= 4 is 16.2 Å². The maximum absolute atomic E-state index is 12.4. The third-order valence-corrected chi connectivity index (χ3v) is 5.77. The molecule has 122 valence electrons. The van der Waals surface area contributed by atoms with Crippen molar-refractivity contribution in [3.63, 3.8) is 0 Å². The van der Waals surface area contributed by atoms with E-state index in [9.17, 15) is 18.3 Å². The number of rotatable bonds is 5. The monoisotopic (exact) mass is 320 g/mol. The zero-order chi connectivity index (χ0) is 15.5. The predicted octanol–water partition coefficient (Wildman–Crippen LogP) is 0.152.